The van der Waals surface area contributed by atoms with Crippen molar-refractivity contribution in [2.75, 3.05) is 0 Å². The van der Waals surface area contributed by atoms with Gasteiger partial charge in [0.2, 0.25) is 17.2 Å². The number of fused-ring (bicyclic) bond motifs is 1. The van der Waals surface area contributed by atoms with Crippen molar-refractivity contribution in [3.63, 3.8) is 0 Å². The second-order valence-corrected chi connectivity index (χ2v) is 7.59. The minimum Gasteiger partial charge on any atom is -0.308 e. The lowest BCUT2D eigenvalue weighted by Gasteiger charge is -2.10. The highest BCUT2D eigenvalue weighted by atomic mass is 15.2. The Morgan fingerprint density at radius 3 is 2.22 bits per heavy atom. The molecular formula is C23H27N4+. The second kappa shape index (κ2) is 6.08. The van der Waals surface area contributed by atoms with Crippen molar-refractivity contribution in [1.29, 1.82) is 0 Å². The summed E-state index contributed by atoms with van der Waals surface area (Å²) in [6.45, 7) is 10.7. The van der Waals surface area contributed by atoms with Crippen LogP contribution in [0.25, 0.3) is 28.4 Å². The normalized spacial score (nSPS) is 11.5. The van der Waals surface area contributed by atoms with E-state index in [9.17, 15) is 0 Å². The summed E-state index contributed by atoms with van der Waals surface area (Å²) in [6.07, 6.45) is 0. The SMILES string of the molecule is Cc1cc(-c2ccccc2C)[n+](C)c(-c2c(C)n3c(C)c(C)nc3n2C)c1. The summed E-state index contributed by atoms with van der Waals surface area (Å²) in [5.41, 5.74) is 11.0. The quantitative estimate of drug-likeness (QED) is 0.488. The van der Waals surface area contributed by atoms with Crippen LogP contribution in [0.5, 0.6) is 0 Å². The first kappa shape index (κ1) is 17.5. The van der Waals surface area contributed by atoms with E-state index >= 15 is 0 Å². The summed E-state index contributed by atoms with van der Waals surface area (Å²) in [5, 5.41) is 0. The van der Waals surface area contributed by atoms with Crippen LogP contribution in [0.1, 0.15) is 28.2 Å². The van der Waals surface area contributed by atoms with E-state index in [0.29, 0.717) is 0 Å². The molecule has 0 spiro atoms. The fraction of sp³-hybridized carbons (Fsp3) is 0.304. The predicted octanol–water partition coefficient (Wildman–Crippen LogP) is 4.37. The van der Waals surface area contributed by atoms with Crippen LogP contribution in [0.2, 0.25) is 0 Å². The Morgan fingerprint density at radius 2 is 1.56 bits per heavy atom. The van der Waals surface area contributed by atoms with E-state index < -0.39 is 0 Å². The van der Waals surface area contributed by atoms with Crippen molar-refractivity contribution in [2.24, 2.45) is 14.1 Å². The molecule has 0 saturated heterocycles. The van der Waals surface area contributed by atoms with E-state index in [0.717, 1.165) is 11.5 Å². The first-order valence-electron chi connectivity index (χ1n) is 9.39. The number of rotatable bonds is 2. The average Bonchev–Trinajstić information content (AvgIpc) is 3.05. The molecule has 0 N–H and O–H groups in total. The molecule has 138 valence electrons. The van der Waals surface area contributed by atoms with Gasteiger partial charge in [-0.25, -0.2) is 4.98 Å². The van der Waals surface area contributed by atoms with Gasteiger partial charge in [0, 0.05) is 30.4 Å². The first-order valence-corrected chi connectivity index (χ1v) is 9.39. The molecule has 1 aromatic carbocycles. The maximum atomic E-state index is 4.78. The third-order valence-electron chi connectivity index (χ3n) is 5.76. The first-order chi connectivity index (χ1) is 12.8. The smallest absolute Gasteiger partial charge is 0.231 e. The van der Waals surface area contributed by atoms with Crippen LogP contribution in [0.15, 0.2) is 36.4 Å². The molecular weight excluding hydrogens is 332 g/mol. The summed E-state index contributed by atoms with van der Waals surface area (Å²) in [5.74, 6) is 0.997. The third kappa shape index (κ3) is 2.51. The van der Waals surface area contributed by atoms with Gasteiger partial charge < -0.3 is 4.57 Å². The lowest BCUT2D eigenvalue weighted by molar-refractivity contribution is -0.649. The van der Waals surface area contributed by atoms with Gasteiger partial charge in [-0.15, -0.1) is 0 Å². The highest BCUT2D eigenvalue weighted by molar-refractivity contribution is 5.67. The van der Waals surface area contributed by atoms with Gasteiger partial charge >= 0.3 is 0 Å². The van der Waals surface area contributed by atoms with Crippen molar-refractivity contribution < 1.29 is 4.57 Å². The molecule has 4 nitrogen and oxygen atoms in total. The molecule has 27 heavy (non-hydrogen) atoms. The minimum absolute atomic E-state index is 0.997. The van der Waals surface area contributed by atoms with Crippen LogP contribution < -0.4 is 4.57 Å². The Kier molecular flexibility index (Phi) is 3.95. The lowest BCUT2D eigenvalue weighted by atomic mass is 10.0. The van der Waals surface area contributed by atoms with Crippen molar-refractivity contribution in [3.05, 3.63) is 64.6 Å². The lowest BCUT2D eigenvalue weighted by Crippen LogP contribution is -2.35. The Morgan fingerprint density at radius 1 is 0.889 bits per heavy atom. The van der Waals surface area contributed by atoms with E-state index in [1.54, 1.807) is 0 Å². The number of pyridine rings is 1. The zero-order valence-corrected chi connectivity index (χ0v) is 17.3. The highest BCUT2D eigenvalue weighted by Gasteiger charge is 2.26. The van der Waals surface area contributed by atoms with Crippen molar-refractivity contribution in [1.82, 2.24) is 14.0 Å². The predicted molar refractivity (Wildman–Crippen MR) is 110 cm³/mol. The molecule has 0 aliphatic carbocycles. The monoisotopic (exact) mass is 359 g/mol. The Bertz CT molecular complexity index is 1190. The number of hydrogen-bond acceptors (Lipinski definition) is 1. The van der Waals surface area contributed by atoms with Crippen molar-refractivity contribution >= 4 is 5.78 Å². The van der Waals surface area contributed by atoms with Gasteiger partial charge in [0.15, 0.2) is 0 Å². The molecule has 3 heterocycles. The third-order valence-corrected chi connectivity index (χ3v) is 5.76. The number of benzene rings is 1. The summed E-state index contributed by atoms with van der Waals surface area (Å²) in [4.78, 5) is 4.78. The molecule has 4 aromatic rings. The summed E-state index contributed by atoms with van der Waals surface area (Å²) >= 11 is 0. The molecule has 0 bridgehead atoms. The van der Waals surface area contributed by atoms with E-state index in [-0.39, 0.29) is 0 Å². The minimum atomic E-state index is 0.997. The molecule has 0 aliphatic rings. The largest absolute Gasteiger partial charge is 0.308 e. The van der Waals surface area contributed by atoms with E-state index in [1.807, 2.05) is 0 Å². The summed E-state index contributed by atoms with van der Waals surface area (Å²) in [7, 11) is 4.27. The number of aryl methyl sites for hydroxylation is 6. The van der Waals surface area contributed by atoms with Crippen LogP contribution >= 0.6 is 0 Å². The Labute approximate surface area is 160 Å². The van der Waals surface area contributed by atoms with Crippen LogP contribution in [0.4, 0.5) is 0 Å². The topological polar surface area (TPSA) is 26.1 Å². The fourth-order valence-electron chi connectivity index (χ4n) is 4.17. The van der Waals surface area contributed by atoms with E-state index in [1.165, 1.54) is 45.2 Å². The van der Waals surface area contributed by atoms with Gasteiger partial charge in [-0.05, 0) is 51.8 Å². The average molecular weight is 359 g/mol. The zero-order valence-electron chi connectivity index (χ0n) is 17.3. The highest BCUT2D eigenvalue weighted by Crippen LogP contribution is 2.29. The van der Waals surface area contributed by atoms with Gasteiger partial charge in [0.05, 0.1) is 11.4 Å². The maximum Gasteiger partial charge on any atom is 0.231 e. The maximum absolute atomic E-state index is 4.78. The molecule has 0 saturated carbocycles. The molecule has 0 unspecified atom stereocenters. The Balaban J connectivity index is 2.04. The van der Waals surface area contributed by atoms with Crippen LogP contribution in [0, 0.1) is 34.6 Å². The van der Waals surface area contributed by atoms with Crippen molar-refractivity contribution in [2.45, 2.75) is 34.6 Å². The van der Waals surface area contributed by atoms with Crippen LogP contribution in [0.3, 0.4) is 0 Å². The molecule has 3 aromatic heterocycles. The van der Waals surface area contributed by atoms with Gasteiger partial charge in [-0.3, -0.25) is 4.40 Å². The van der Waals surface area contributed by atoms with Crippen LogP contribution in [-0.2, 0) is 14.1 Å². The molecule has 0 amide bonds. The molecule has 0 radical (unpaired) electrons. The zero-order chi connectivity index (χ0) is 19.5. The molecule has 0 fully saturated rings. The second-order valence-electron chi connectivity index (χ2n) is 7.59. The van der Waals surface area contributed by atoms with E-state index in [2.05, 4.69) is 98.6 Å². The number of nitrogens with zero attached hydrogens (tertiary/aromatic N) is 4. The molecule has 4 heteroatoms. The fourth-order valence-corrected chi connectivity index (χ4v) is 4.17. The van der Waals surface area contributed by atoms with Gasteiger partial charge in [0.1, 0.15) is 12.7 Å². The van der Waals surface area contributed by atoms with Gasteiger partial charge in [-0.1, -0.05) is 18.2 Å². The number of imidazole rings is 2. The number of aromatic nitrogens is 4. The van der Waals surface area contributed by atoms with E-state index in [4.69, 9.17) is 4.98 Å². The molecule has 4 rings (SSSR count). The van der Waals surface area contributed by atoms with Gasteiger partial charge in [-0.2, -0.15) is 4.57 Å². The van der Waals surface area contributed by atoms with Crippen molar-refractivity contribution in [3.8, 4) is 22.6 Å². The molecule has 0 aliphatic heterocycles. The summed E-state index contributed by atoms with van der Waals surface area (Å²) < 4.78 is 6.78. The standard InChI is InChI=1S/C23H27N4/c1-14-12-20(19-11-9-8-10-15(19)2)25(6)21(13-14)22-18(5)27-17(4)16(3)24-23(27)26(22)7/h8-13H,1-7H3/q+1. The van der Waals surface area contributed by atoms with Gasteiger partial charge in [0.25, 0.3) is 0 Å². The Hall–Kier alpha value is -2.88. The number of hydrogen-bond donors (Lipinski definition) is 0. The molecule has 0 atom stereocenters. The van der Waals surface area contributed by atoms with Crippen LogP contribution in [-0.4, -0.2) is 14.0 Å². The summed E-state index contributed by atoms with van der Waals surface area (Å²) in [6, 6.07) is 13.1.